The lowest BCUT2D eigenvalue weighted by molar-refractivity contribution is 0.423. The molecule has 3 heteroatoms. The highest BCUT2D eigenvalue weighted by molar-refractivity contribution is 5.89. The fraction of sp³-hybridized carbons (Fsp3) is 0.364. The number of benzene rings is 1. The number of phenols is 1. The molecule has 25 heavy (non-hydrogen) atoms. The standard InChI is InChI=1S/C22H26N2O/c1-21(2,3)18-12-15(13-19(20(18)25)22(4,5)6)11-17(14-23)16-7-9-24-10-8-16/h7-13,25H,1-6H3. The predicted octanol–water partition coefficient (Wildman–Crippen LogP) is 5.45. The van der Waals surface area contributed by atoms with E-state index in [-0.39, 0.29) is 10.8 Å². The fourth-order valence-corrected chi connectivity index (χ4v) is 2.76. The van der Waals surface area contributed by atoms with Crippen LogP contribution in [0.15, 0.2) is 36.7 Å². The van der Waals surface area contributed by atoms with Crippen molar-refractivity contribution in [2.75, 3.05) is 0 Å². The highest BCUT2D eigenvalue weighted by Gasteiger charge is 2.26. The molecule has 0 bridgehead atoms. The van der Waals surface area contributed by atoms with Crippen LogP contribution in [0.1, 0.15) is 63.8 Å². The molecule has 1 aromatic heterocycles. The summed E-state index contributed by atoms with van der Waals surface area (Å²) in [5.41, 5.74) is 3.71. The van der Waals surface area contributed by atoms with Crippen LogP contribution in [0.3, 0.4) is 0 Å². The third kappa shape index (κ3) is 4.28. The Balaban J connectivity index is 2.70. The molecule has 0 saturated carbocycles. The summed E-state index contributed by atoms with van der Waals surface area (Å²) in [7, 11) is 0. The van der Waals surface area contributed by atoms with E-state index in [4.69, 9.17) is 0 Å². The molecule has 1 aromatic carbocycles. The minimum Gasteiger partial charge on any atom is -0.507 e. The highest BCUT2D eigenvalue weighted by Crippen LogP contribution is 2.40. The van der Waals surface area contributed by atoms with E-state index in [1.807, 2.05) is 30.3 Å². The largest absolute Gasteiger partial charge is 0.507 e. The van der Waals surface area contributed by atoms with Crippen molar-refractivity contribution >= 4 is 11.6 Å². The van der Waals surface area contributed by atoms with E-state index in [9.17, 15) is 10.4 Å². The van der Waals surface area contributed by atoms with Gasteiger partial charge in [0.15, 0.2) is 0 Å². The first kappa shape index (κ1) is 18.7. The number of aromatic hydroxyl groups is 1. The average molecular weight is 334 g/mol. The molecule has 0 spiro atoms. The van der Waals surface area contributed by atoms with E-state index in [1.54, 1.807) is 12.4 Å². The monoisotopic (exact) mass is 334 g/mol. The first-order chi connectivity index (χ1) is 11.5. The number of aromatic nitrogens is 1. The number of phenolic OH excluding ortho intramolecular Hbond substituents is 1. The van der Waals surface area contributed by atoms with E-state index < -0.39 is 0 Å². The van der Waals surface area contributed by atoms with Crippen molar-refractivity contribution < 1.29 is 5.11 Å². The molecular formula is C22H26N2O. The number of nitrogens with zero attached hydrogens (tertiary/aromatic N) is 2. The molecule has 2 aromatic rings. The maximum absolute atomic E-state index is 10.8. The van der Waals surface area contributed by atoms with Gasteiger partial charge in [-0.15, -0.1) is 0 Å². The lowest BCUT2D eigenvalue weighted by atomic mass is 9.78. The van der Waals surface area contributed by atoms with Crippen LogP contribution in [-0.2, 0) is 10.8 Å². The van der Waals surface area contributed by atoms with E-state index in [1.165, 1.54) is 0 Å². The van der Waals surface area contributed by atoms with Crippen molar-refractivity contribution in [2.24, 2.45) is 0 Å². The normalized spacial score (nSPS) is 12.8. The van der Waals surface area contributed by atoms with Gasteiger partial charge in [0.05, 0.1) is 11.6 Å². The van der Waals surface area contributed by atoms with Gasteiger partial charge in [-0.05, 0) is 52.3 Å². The number of pyridine rings is 1. The molecule has 0 fully saturated rings. The summed E-state index contributed by atoms with van der Waals surface area (Å²) in [6.45, 7) is 12.5. The molecule has 130 valence electrons. The zero-order chi connectivity index (χ0) is 18.8. The lowest BCUT2D eigenvalue weighted by Crippen LogP contribution is -2.17. The lowest BCUT2D eigenvalue weighted by Gasteiger charge is -2.28. The molecule has 3 nitrogen and oxygen atoms in total. The van der Waals surface area contributed by atoms with Gasteiger partial charge in [0.2, 0.25) is 0 Å². The molecule has 2 rings (SSSR count). The second-order valence-electron chi connectivity index (χ2n) is 8.37. The second-order valence-corrected chi connectivity index (χ2v) is 8.37. The van der Waals surface area contributed by atoms with Crippen LogP contribution in [0.4, 0.5) is 0 Å². The van der Waals surface area contributed by atoms with E-state index in [2.05, 4.69) is 52.6 Å². The number of allylic oxidation sites excluding steroid dienone is 1. The zero-order valence-corrected chi connectivity index (χ0v) is 15.9. The summed E-state index contributed by atoms with van der Waals surface area (Å²) in [5, 5.41) is 20.4. The van der Waals surface area contributed by atoms with Gasteiger partial charge in [-0.3, -0.25) is 4.98 Å². The van der Waals surface area contributed by atoms with Gasteiger partial charge in [0.1, 0.15) is 5.75 Å². The van der Waals surface area contributed by atoms with Crippen molar-refractivity contribution in [2.45, 2.75) is 52.4 Å². The minimum absolute atomic E-state index is 0.197. The topological polar surface area (TPSA) is 56.9 Å². The van der Waals surface area contributed by atoms with Gasteiger partial charge in [-0.2, -0.15) is 5.26 Å². The zero-order valence-electron chi connectivity index (χ0n) is 15.9. The molecular weight excluding hydrogens is 308 g/mol. The van der Waals surface area contributed by atoms with E-state index in [0.29, 0.717) is 11.3 Å². The van der Waals surface area contributed by atoms with Gasteiger partial charge in [0, 0.05) is 23.5 Å². The van der Waals surface area contributed by atoms with Gasteiger partial charge in [-0.1, -0.05) is 41.5 Å². The molecule has 1 N–H and O–H groups in total. The highest BCUT2D eigenvalue weighted by atomic mass is 16.3. The summed E-state index contributed by atoms with van der Waals surface area (Å²) < 4.78 is 0. The average Bonchev–Trinajstić information content (AvgIpc) is 2.52. The van der Waals surface area contributed by atoms with Crippen LogP contribution in [-0.4, -0.2) is 10.1 Å². The van der Waals surface area contributed by atoms with Crippen LogP contribution in [0.5, 0.6) is 5.75 Å². The van der Waals surface area contributed by atoms with Crippen molar-refractivity contribution in [1.82, 2.24) is 4.98 Å². The summed E-state index contributed by atoms with van der Waals surface area (Å²) in [6.07, 6.45) is 5.23. The molecule has 0 aliphatic carbocycles. The van der Waals surface area contributed by atoms with E-state index >= 15 is 0 Å². The third-order valence-electron chi connectivity index (χ3n) is 4.17. The first-order valence-electron chi connectivity index (χ1n) is 8.44. The Morgan fingerprint density at radius 3 is 1.88 bits per heavy atom. The maximum atomic E-state index is 10.8. The molecule has 0 saturated heterocycles. The van der Waals surface area contributed by atoms with Crippen molar-refractivity contribution in [1.29, 1.82) is 5.26 Å². The summed E-state index contributed by atoms with van der Waals surface area (Å²) in [4.78, 5) is 4.00. The second kappa shape index (κ2) is 6.72. The van der Waals surface area contributed by atoms with Crippen LogP contribution < -0.4 is 0 Å². The van der Waals surface area contributed by atoms with Crippen LogP contribution in [0.25, 0.3) is 11.6 Å². The van der Waals surface area contributed by atoms with Crippen molar-refractivity contribution in [3.63, 3.8) is 0 Å². The molecule has 0 amide bonds. The third-order valence-corrected chi connectivity index (χ3v) is 4.17. The van der Waals surface area contributed by atoms with Crippen molar-refractivity contribution in [3.8, 4) is 11.8 Å². The summed E-state index contributed by atoms with van der Waals surface area (Å²) in [5.74, 6) is 0.347. The molecule has 0 atom stereocenters. The van der Waals surface area contributed by atoms with Crippen LogP contribution >= 0.6 is 0 Å². The smallest absolute Gasteiger partial charge is 0.123 e. The Kier molecular flexibility index (Phi) is 5.04. The SMILES string of the molecule is CC(C)(C)c1cc(C=C(C#N)c2ccncc2)cc(C(C)(C)C)c1O. The Morgan fingerprint density at radius 1 is 1.00 bits per heavy atom. The number of hydrogen-bond donors (Lipinski definition) is 1. The van der Waals surface area contributed by atoms with Gasteiger partial charge >= 0.3 is 0 Å². The number of hydrogen-bond acceptors (Lipinski definition) is 3. The maximum Gasteiger partial charge on any atom is 0.123 e. The Hall–Kier alpha value is -2.60. The summed E-state index contributed by atoms with van der Waals surface area (Å²) >= 11 is 0. The van der Waals surface area contributed by atoms with Gasteiger partial charge < -0.3 is 5.11 Å². The Labute approximate surface area is 150 Å². The first-order valence-corrected chi connectivity index (χ1v) is 8.44. The number of rotatable bonds is 2. The molecule has 1 heterocycles. The molecule has 0 aliphatic rings. The molecule has 0 aliphatic heterocycles. The van der Waals surface area contributed by atoms with Gasteiger partial charge in [-0.25, -0.2) is 0 Å². The minimum atomic E-state index is -0.197. The van der Waals surface area contributed by atoms with Crippen LogP contribution in [0.2, 0.25) is 0 Å². The number of nitriles is 1. The Bertz CT molecular complexity index is 794. The van der Waals surface area contributed by atoms with Crippen molar-refractivity contribution in [3.05, 3.63) is 58.9 Å². The van der Waals surface area contributed by atoms with E-state index in [0.717, 1.165) is 22.3 Å². The Morgan fingerprint density at radius 2 is 1.48 bits per heavy atom. The molecule has 0 unspecified atom stereocenters. The quantitative estimate of drug-likeness (QED) is 0.743. The summed E-state index contributed by atoms with van der Waals surface area (Å²) in [6, 6.07) is 9.87. The fourth-order valence-electron chi connectivity index (χ4n) is 2.76. The predicted molar refractivity (Wildman–Crippen MR) is 103 cm³/mol. The molecule has 0 radical (unpaired) electrons. The van der Waals surface area contributed by atoms with Crippen LogP contribution in [0, 0.1) is 11.3 Å². The van der Waals surface area contributed by atoms with Gasteiger partial charge in [0.25, 0.3) is 0 Å².